The van der Waals surface area contributed by atoms with Crippen LogP contribution in [-0.2, 0) is 0 Å². The van der Waals surface area contributed by atoms with Crippen LogP contribution >= 0.6 is 0 Å². The first kappa shape index (κ1) is 14.0. The number of hydrogen-bond donors (Lipinski definition) is 0. The van der Waals surface area contributed by atoms with Gasteiger partial charge in [0.1, 0.15) is 0 Å². The second-order valence-corrected chi connectivity index (χ2v) is 6.67. The Morgan fingerprint density at radius 2 is 1.85 bits per heavy atom. The van der Waals surface area contributed by atoms with Crippen molar-refractivity contribution in [3.05, 3.63) is 11.7 Å². The molecule has 1 saturated heterocycles. The van der Waals surface area contributed by atoms with E-state index in [9.17, 15) is 0 Å². The van der Waals surface area contributed by atoms with Gasteiger partial charge in [-0.25, -0.2) is 0 Å². The van der Waals surface area contributed by atoms with E-state index >= 15 is 0 Å². The fraction of sp³-hybridized carbons (Fsp3) is 0.867. The van der Waals surface area contributed by atoms with Crippen molar-refractivity contribution in [1.29, 1.82) is 0 Å². The van der Waals surface area contributed by atoms with E-state index in [1.165, 1.54) is 19.4 Å². The zero-order valence-electron chi connectivity index (χ0n) is 12.9. The van der Waals surface area contributed by atoms with Gasteiger partial charge in [0, 0.05) is 38.6 Å². The van der Waals surface area contributed by atoms with Crippen LogP contribution in [0.5, 0.6) is 0 Å². The second-order valence-electron chi connectivity index (χ2n) is 6.67. The van der Waals surface area contributed by atoms with Gasteiger partial charge in [-0.3, -0.25) is 4.90 Å². The van der Waals surface area contributed by atoms with E-state index in [1.807, 2.05) is 0 Å². The van der Waals surface area contributed by atoms with Gasteiger partial charge >= 0.3 is 0 Å². The predicted octanol–water partition coefficient (Wildman–Crippen LogP) is 2.28. The Morgan fingerprint density at radius 1 is 1.15 bits per heavy atom. The topological polar surface area (TPSA) is 45.4 Å². The van der Waals surface area contributed by atoms with Gasteiger partial charge in [0.05, 0.1) is 6.04 Å². The molecule has 20 heavy (non-hydrogen) atoms. The summed E-state index contributed by atoms with van der Waals surface area (Å²) in [6.07, 6.45) is 2.45. The summed E-state index contributed by atoms with van der Waals surface area (Å²) in [5, 5.41) is 4.13. The highest BCUT2D eigenvalue weighted by Crippen LogP contribution is 2.38. The molecule has 0 radical (unpaired) electrons. The molecule has 1 aliphatic heterocycles. The maximum absolute atomic E-state index is 5.46. The van der Waals surface area contributed by atoms with Crippen LogP contribution in [0.1, 0.15) is 57.3 Å². The van der Waals surface area contributed by atoms with Crippen LogP contribution < -0.4 is 0 Å². The fourth-order valence-corrected chi connectivity index (χ4v) is 2.93. The Balaban J connectivity index is 1.53. The van der Waals surface area contributed by atoms with Crippen LogP contribution in [0, 0.1) is 5.92 Å². The highest BCUT2D eigenvalue weighted by Gasteiger charge is 2.31. The van der Waals surface area contributed by atoms with Crippen molar-refractivity contribution in [2.24, 2.45) is 5.92 Å². The van der Waals surface area contributed by atoms with E-state index in [0.29, 0.717) is 5.92 Å². The SMILES string of the molecule is CC(C)CN1CCN([C@H](C)c2nc(C3CC3)no2)CC1. The first-order chi connectivity index (χ1) is 9.63. The maximum Gasteiger partial charge on any atom is 0.243 e. The molecule has 112 valence electrons. The van der Waals surface area contributed by atoms with Crippen LogP contribution in [0.15, 0.2) is 4.52 Å². The summed E-state index contributed by atoms with van der Waals surface area (Å²) in [5.41, 5.74) is 0. The summed E-state index contributed by atoms with van der Waals surface area (Å²) in [6.45, 7) is 12.4. The number of rotatable bonds is 5. The average molecular weight is 278 g/mol. The van der Waals surface area contributed by atoms with Crippen molar-refractivity contribution in [3.63, 3.8) is 0 Å². The lowest BCUT2D eigenvalue weighted by molar-refractivity contribution is 0.0821. The van der Waals surface area contributed by atoms with E-state index in [-0.39, 0.29) is 6.04 Å². The van der Waals surface area contributed by atoms with E-state index in [0.717, 1.165) is 43.8 Å². The minimum atomic E-state index is 0.246. The summed E-state index contributed by atoms with van der Waals surface area (Å²) < 4.78 is 5.46. The van der Waals surface area contributed by atoms with Gasteiger partial charge in [-0.1, -0.05) is 19.0 Å². The summed E-state index contributed by atoms with van der Waals surface area (Å²) in [4.78, 5) is 9.59. The van der Waals surface area contributed by atoms with Crippen molar-refractivity contribution in [3.8, 4) is 0 Å². The third-order valence-corrected chi connectivity index (χ3v) is 4.34. The van der Waals surface area contributed by atoms with Crippen molar-refractivity contribution in [1.82, 2.24) is 19.9 Å². The van der Waals surface area contributed by atoms with Gasteiger partial charge in [0.15, 0.2) is 5.82 Å². The molecule has 2 aliphatic rings. The Bertz CT molecular complexity index is 433. The van der Waals surface area contributed by atoms with Crippen molar-refractivity contribution in [2.45, 2.75) is 45.6 Å². The molecule has 1 atom stereocenters. The third-order valence-electron chi connectivity index (χ3n) is 4.34. The number of nitrogens with zero attached hydrogens (tertiary/aromatic N) is 4. The predicted molar refractivity (Wildman–Crippen MR) is 77.5 cm³/mol. The molecule has 0 unspecified atom stereocenters. The molecule has 0 spiro atoms. The summed E-state index contributed by atoms with van der Waals surface area (Å²) in [6, 6.07) is 0.246. The first-order valence-electron chi connectivity index (χ1n) is 7.93. The second kappa shape index (κ2) is 5.82. The van der Waals surface area contributed by atoms with E-state index < -0.39 is 0 Å². The van der Waals surface area contributed by atoms with E-state index in [4.69, 9.17) is 4.52 Å². The van der Waals surface area contributed by atoms with Crippen molar-refractivity contribution >= 4 is 0 Å². The van der Waals surface area contributed by atoms with Crippen molar-refractivity contribution < 1.29 is 4.52 Å². The van der Waals surface area contributed by atoms with Crippen LogP contribution in [0.4, 0.5) is 0 Å². The molecule has 2 fully saturated rings. The third kappa shape index (κ3) is 3.20. The molecule has 3 rings (SSSR count). The minimum Gasteiger partial charge on any atom is -0.338 e. The summed E-state index contributed by atoms with van der Waals surface area (Å²) in [5.74, 6) is 3.04. The molecule has 0 amide bonds. The van der Waals surface area contributed by atoms with Gasteiger partial charge in [0.25, 0.3) is 0 Å². The Labute approximate surface area is 121 Å². The van der Waals surface area contributed by atoms with Crippen LogP contribution in [0.2, 0.25) is 0 Å². The van der Waals surface area contributed by atoms with Gasteiger partial charge in [-0.15, -0.1) is 0 Å². The van der Waals surface area contributed by atoms with Crippen LogP contribution in [0.25, 0.3) is 0 Å². The molecular formula is C15H26N4O. The molecule has 0 bridgehead atoms. The number of hydrogen-bond acceptors (Lipinski definition) is 5. The smallest absolute Gasteiger partial charge is 0.243 e. The molecule has 1 aromatic rings. The molecule has 1 aliphatic carbocycles. The molecule has 2 heterocycles. The molecule has 1 saturated carbocycles. The largest absolute Gasteiger partial charge is 0.338 e. The Kier molecular flexibility index (Phi) is 4.08. The Morgan fingerprint density at radius 3 is 2.45 bits per heavy atom. The van der Waals surface area contributed by atoms with Gasteiger partial charge < -0.3 is 9.42 Å². The lowest BCUT2D eigenvalue weighted by Gasteiger charge is -2.37. The molecule has 5 nitrogen and oxygen atoms in total. The molecular weight excluding hydrogens is 252 g/mol. The highest BCUT2D eigenvalue weighted by atomic mass is 16.5. The molecule has 5 heteroatoms. The molecule has 0 N–H and O–H groups in total. The van der Waals surface area contributed by atoms with Gasteiger partial charge in [0.2, 0.25) is 5.89 Å². The number of aromatic nitrogens is 2. The highest BCUT2D eigenvalue weighted by molar-refractivity contribution is 5.04. The summed E-state index contributed by atoms with van der Waals surface area (Å²) in [7, 11) is 0. The van der Waals surface area contributed by atoms with E-state index in [2.05, 4.69) is 40.7 Å². The maximum atomic E-state index is 5.46. The standard InChI is InChI=1S/C15H26N4O/c1-11(2)10-18-6-8-19(9-7-18)12(3)15-16-14(17-20-15)13-4-5-13/h11-13H,4-10H2,1-3H3/t12-/m1/s1. The van der Waals surface area contributed by atoms with Crippen LogP contribution in [-0.4, -0.2) is 52.7 Å². The van der Waals surface area contributed by atoms with Crippen LogP contribution in [0.3, 0.4) is 0 Å². The monoisotopic (exact) mass is 278 g/mol. The minimum absolute atomic E-state index is 0.246. The van der Waals surface area contributed by atoms with Gasteiger partial charge in [-0.2, -0.15) is 4.98 Å². The summed E-state index contributed by atoms with van der Waals surface area (Å²) >= 11 is 0. The molecule has 1 aromatic heterocycles. The quantitative estimate of drug-likeness (QED) is 0.827. The fourth-order valence-electron chi connectivity index (χ4n) is 2.93. The van der Waals surface area contributed by atoms with Gasteiger partial charge in [-0.05, 0) is 25.7 Å². The number of piperazine rings is 1. The molecule has 0 aromatic carbocycles. The normalized spacial score (nSPS) is 23.4. The lowest BCUT2D eigenvalue weighted by Crippen LogP contribution is -2.48. The first-order valence-corrected chi connectivity index (χ1v) is 7.93. The van der Waals surface area contributed by atoms with Crippen molar-refractivity contribution in [2.75, 3.05) is 32.7 Å². The Hall–Kier alpha value is -0.940. The zero-order chi connectivity index (χ0) is 14.1. The van der Waals surface area contributed by atoms with E-state index in [1.54, 1.807) is 0 Å². The zero-order valence-corrected chi connectivity index (χ0v) is 12.9. The average Bonchev–Trinajstić information content (AvgIpc) is 3.16. The lowest BCUT2D eigenvalue weighted by atomic mass is 10.1.